The zero-order chi connectivity index (χ0) is 20.6. The summed E-state index contributed by atoms with van der Waals surface area (Å²) < 4.78 is 21.8. The van der Waals surface area contributed by atoms with Crippen LogP contribution in [0.15, 0.2) is 73.3 Å². The van der Waals surface area contributed by atoms with E-state index in [0.717, 1.165) is 0 Å². The molecule has 4 atom stereocenters. The standard InChI is InChI=1S/C22H22O7/c1-2-13-26-22-18(23)19(29-21(25)16-11-7-4-8-12-16)17(14-27-22)28-20(24)15-9-5-3-6-10-15/h2-12,17-19,22-23H,1,13-14H2/t17-,18-,19+,22-/m1/s1. The Morgan fingerprint density at radius 1 is 1.00 bits per heavy atom. The van der Waals surface area contributed by atoms with Crippen molar-refractivity contribution in [2.45, 2.75) is 24.6 Å². The molecule has 29 heavy (non-hydrogen) atoms. The summed E-state index contributed by atoms with van der Waals surface area (Å²) in [6.45, 7) is 3.58. The summed E-state index contributed by atoms with van der Waals surface area (Å²) in [6.07, 6.45) is -3.08. The fraction of sp³-hybridized carbons (Fsp3) is 0.273. The Kier molecular flexibility index (Phi) is 7.13. The highest BCUT2D eigenvalue weighted by Crippen LogP contribution is 2.24. The molecule has 1 fully saturated rings. The predicted molar refractivity (Wildman–Crippen MR) is 103 cm³/mol. The van der Waals surface area contributed by atoms with Gasteiger partial charge in [0.2, 0.25) is 0 Å². The zero-order valence-electron chi connectivity index (χ0n) is 15.7. The van der Waals surface area contributed by atoms with Gasteiger partial charge in [-0.1, -0.05) is 42.5 Å². The molecule has 0 aliphatic carbocycles. The third-order valence-electron chi connectivity index (χ3n) is 4.31. The highest BCUT2D eigenvalue weighted by Gasteiger charge is 2.45. The van der Waals surface area contributed by atoms with Crippen molar-refractivity contribution >= 4 is 11.9 Å². The van der Waals surface area contributed by atoms with Crippen LogP contribution in [0.3, 0.4) is 0 Å². The van der Waals surface area contributed by atoms with Crippen LogP contribution in [0.2, 0.25) is 0 Å². The monoisotopic (exact) mass is 398 g/mol. The van der Waals surface area contributed by atoms with Crippen molar-refractivity contribution in [1.82, 2.24) is 0 Å². The largest absolute Gasteiger partial charge is 0.452 e. The van der Waals surface area contributed by atoms with Crippen molar-refractivity contribution in [2.24, 2.45) is 0 Å². The quantitative estimate of drug-likeness (QED) is 0.565. The maximum atomic E-state index is 12.5. The highest BCUT2D eigenvalue weighted by atomic mass is 16.7. The van der Waals surface area contributed by atoms with Crippen molar-refractivity contribution in [3.63, 3.8) is 0 Å². The van der Waals surface area contributed by atoms with E-state index in [1.165, 1.54) is 6.08 Å². The Hall–Kier alpha value is -3.00. The van der Waals surface area contributed by atoms with E-state index in [4.69, 9.17) is 18.9 Å². The van der Waals surface area contributed by atoms with Crippen molar-refractivity contribution < 1.29 is 33.6 Å². The van der Waals surface area contributed by atoms with E-state index < -0.39 is 36.5 Å². The van der Waals surface area contributed by atoms with Crippen LogP contribution in [0.1, 0.15) is 20.7 Å². The van der Waals surface area contributed by atoms with E-state index >= 15 is 0 Å². The lowest BCUT2D eigenvalue weighted by molar-refractivity contribution is -0.265. The van der Waals surface area contributed by atoms with Crippen LogP contribution in [0.4, 0.5) is 0 Å². The summed E-state index contributed by atoms with van der Waals surface area (Å²) in [7, 11) is 0. The molecule has 0 aromatic heterocycles. The highest BCUT2D eigenvalue weighted by molar-refractivity contribution is 5.90. The van der Waals surface area contributed by atoms with Gasteiger partial charge < -0.3 is 24.1 Å². The number of aliphatic hydroxyl groups excluding tert-OH is 1. The second kappa shape index (κ2) is 9.97. The summed E-state index contributed by atoms with van der Waals surface area (Å²) in [6, 6.07) is 16.7. The molecule has 0 amide bonds. The molecule has 0 bridgehead atoms. The third-order valence-corrected chi connectivity index (χ3v) is 4.31. The van der Waals surface area contributed by atoms with Crippen LogP contribution in [0.25, 0.3) is 0 Å². The molecule has 2 aromatic rings. The van der Waals surface area contributed by atoms with E-state index in [1.54, 1.807) is 60.7 Å². The van der Waals surface area contributed by atoms with Gasteiger partial charge in [-0.3, -0.25) is 0 Å². The lowest BCUT2D eigenvalue weighted by Crippen LogP contribution is -2.56. The molecule has 1 N–H and O–H groups in total. The second-order valence-electron chi connectivity index (χ2n) is 6.36. The minimum Gasteiger partial charge on any atom is -0.452 e. The first-order chi connectivity index (χ1) is 14.1. The van der Waals surface area contributed by atoms with Crippen LogP contribution in [0, 0.1) is 0 Å². The molecular formula is C22H22O7. The Bertz CT molecular complexity index is 822. The number of esters is 2. The van der Waals surface area contributed by atoms with E-state index in [9.17, 15) is 14.7 Å². The molecular weight excluding hydrogens is 376 g/mol. The number of hydrogen-bond donors (Lipinski definition) is 1. The number of rotatable bonds is 7. The summed E-state index contributed by atoms with van der Waals surface area (Å²) in [5.41, 5.74) is 0.642. The van der Waals surface area contributed by atoms with Gasteiger partial charge in [-0.05, 0) is 24.3 Å². The predicted octanol–water partition coefficient (Wildman–Crippen LogP) is 2.36. The average Bonchev–Trinajstić information content (AvgIpc) is 2.76. The molecule has 0 unspecified atom stereocenters. The molecule has 1 saturated heterocycles. The number of aliphatic hydroxyl groups is 1. The zero-order valence-corrected chi connectivity index (χ0v) is 15.7. The molecule has 7 nitrogen and oxygen atoms in total. The maximum Gasteiger partial charge on any atom is 0.338 e. The fourth-order valence-corrected chi connectivity index (χ4v) is 2.86. The van der Waals surface area contributed by atoms with E-state index in [0.29, 0.717) is 11.1 Å². The van der Waals surface area contributed by atoms with Gasteiger partial charge in [-0.2, -0.15) is 0 Å². The van der Waals surface area contributed by atoms with E-state index in [2.05, 4.69) is 6.58 Å². The van der Waals surface area contributed by atoms with Crippen molar-refractivity contribution in [3.8, 4) is 0 Å². The van der Waals surface area contributed by atoms with E-state index in [-0.39, 0.29) is 13.2 Å². The van der Waals surface area contributed by atoms with Crippen molar-refractivity contribution in [1.29, 1.82) is 0 Å². The van der Waals surface area contributed by atoms with Crippen LogP contribution in [-0.2, 0) is 18.9 Å². The first-order valence-electron chi connectivity index (χ1n) is 9.14. The van der Waals surface area contributed by atoms with E-state index in [1.807, 2.05) is 0 Å². The smallest absolute Gasteiger partial charge is 0.338 e. The van der Waals surface area contributed by atoms with Gasteiger partial charge in [0.05, 0.1) is 24.3 Å². The minimum absolute atomic E-state index is 0.107. The molecule has 1 aliphatic rings. The lowest BCUT2D eigenvalue weighted by atomic mass is 10.0. The van der Waals surface area contributed by atoms with Crippen LogP contribution >= 0.6 is 0 Å². The molecule has 1 heterocycles. The molecule has 0 spiro atoms. The molecule has 0 radical (unpaired) electrons. The number of carbonyl (C=O) groups is 2. The minimum atomic E-state index is -1.36. The summed E-state index contributed by atoms with van der Waals surface area (Å²) >= 11 is 0. The van der Waals surface area contributed by atoms with Crippen molar-refractivity contribution in [3.05, 3.63) is 84.4 Å². The van der Waals surface area contributed by atoms with Crippen molar-refractivity contribution in [2.75, 3.05) is 13.2 Å². The number of benzene rings is 2. The van der Waals surface area contributed by atoms with Gasteiger partial charge in [0.15, 0.2) is 18.5 Å². The number of carbonyl (C=O) groups excluding carboxylic acids is 2. The van der Waals surface area contributed by atoms with Gasteiger partial charge in [0, 0.05) is 0 Å². The lowest BCUT2D eigenvalue weighted by Gasteiger charge is -2.38. The molecule has 1 aliphatic heterocycles. The Balaban J connectivity index is 1.76. The van der Waals surface area contributed by atoms with Crippen LogP contribution in [-0.4, -0.2) is 54.9 Å². The normalized spacial score (nSPS) is 23.8. The second-order valence-corrected chi connectivity index (χ2v) is 6.36. The Morgan fingerprint density at radius 3 is 2.10 bits per heavy atom. The summed E-state index contributed by atoms with van der Waals surface area (Å²) in [4.78, 5) is 24.9. The Morgan fingerprint density at radius 2 is 1.55 bits per heavy atom. The number of ether oxygens (including phenoxy) is 4. The first-order valence-corrected chi connectivity index (χ1v) is 9.14. The SMILES string of the molecule is C=CCO[C@@H]1OC[C@@H](OC(=O)c2ccccc2)[C@H](OC(=O)c2ccccc2)[C@H]1O. The fourth-order valence-electron chi connectivity index (χ4n) is 2.86. The topological polar surface area (TPSA) is 91.3 Å². The molecule has 152 valence electrons. The van der Waals surface area contributed by atoms with Crippen LogP contribution in [0.5, 0.6) is 0 Å². The first kappa shape index (κ1) is 20.7. The van der Waals surface area contributed by atoms with Gasteiger partial charge in [-0.25, -0.2) is 9.59 Å². The van der Waals surface area contributed by atoms with Gasteiger partial charge in [-0.15, -0.1) is 6.58 Å². The van der Waals surface area contributed by atoms with Gasteiger partial charge >= 0.3 is 11.9 Å². The molecule has 7 heteroatoms. The van der Waals surface area contributed by atoms with Crippen LogP contribution < -0.4 is 0 Å². The molecule has 3 rings (SSSR count). The van der Waals surface area contributed by atoms with Gasteiger partial charge in [0.25, 0.3) is 0 Å². The molecule has 0 saturated carbocycles. The maximum absolute atomic E-state index is 12.5. The van der Waals surface area contributed by atoms with Gasteiger partial charge in [0.1, 0.15) is 6.10 Å². The third kappa shape index (κ3) is 5.29. The average molecular weight is 398 g/mol. The Labute approximate surface area is 168 Å². The summed E-state index contributed by atoms with van der Waals surface area (Å²) in [5.74, 6) is -1.27. The number of hydrogen-bond acceptors (Lipinski definition) is 7. The molecule has 2 aromatic carbocycles. The summed E-state index contributed by atoms with van der Waals surface area (Å²) in [5, 5.41) is 10.7.